The number of hydrogen-bond donors (Lipinski definition) is 1. The number of ether oxygens (including phenoxy) is 2. The molecule has 8 heteroatoms. The van der Waals surface area contributed by atoms with Crippen molar-refractivity contribution in [1.29, 1.82) is 0 Å². The quantitative estimate of drug-likeness (QED) is 0.813. The summed E-state index contributed by atoms with van der Waals surface area (Å²) < 4.78 is 40.1. The molecule has 2 fully saturated rings. The van der Waals surface area contributed by atoms with Crippen LogP contribution in [0.15, 0.2) is 53.4 Å². The van der Waals surface area contributed by atoms with Crippen LogP contribution in [0.3, 0.4) is 0 Å². The number of anilines is 2. The predicted molar refractivity (Wildman–Crippen MR) is 107 cm³/mol. The molecular weight excluding hydrogens is 392 g/mol. The summed E-state index contributed by atoms with van der Waals surface area (Å²) in [5, 5.41) is 0. The Hall–Kier alpha value is -2.42. The van der Waals surface area contributed by atoms with Gasteiger partial charge in [-0.15, -0.1) is 0 Å². The number of rotatable bonds is 5. The standard InChI is InChI=1S/C21H22N2O5S/c24-20-21(27-11-4-12-28-21)18-13-17(9-10-19(18)23(20)14-15-7-8-15)29(25,26)22-16-5-2-1-3-6-16/h1-3,5-6,9-10,13,15,22H,4,7-8,11-12,14H2. The van der Waals surface area contributed by atoms with Crippen LogP contribution < -0.4 is 9.62 Å². The monoisotopic (exact) mass is 414 g/mol. The zero-order chi connectivity index (χ0) is 20.1. The fourth-order valence-corrected chi connectivity index (χ4v) is 4.94. The molecule has 0 unspecified atom stereocenters. The maximum atomic E-state index is 13.3. The number of benzene rings is 2. The molecule has 5 rings (SSSR count). The van der Waals surface area contributed by atoms with Gasteiger partial charge in [-0.1, -0.05) is 18.2 Å². The van der Waals surface area contributed by atoms with E-state index < -0.39 is 15.8 Å². The highest BCUT2D eigenvalue weighted by Gasteiger charge is 2.55. The van der Waals surface area contributed by atoms with Gasteiger partial charge in [0.05, 0.1) is 23.8 Å². The zero-order valence-corrected chi connectivity index (χ0v) is 16.7. The summed E-state index contributed by atoms with van der Waals surface area (Å²) in [6, 6.07) is 13.4. The van der Waals surface area contributed by atoms with Crippen molar-refractivity contribution in [3.05, 3.63) is 54.1 Å². The van der Waals surface area contributed by atoms with Crippen molar-refractivity contribution in [2.24, 2.45) is 5.92 Å². The molecule has 0 aromatic heterocycles. The number of para-hydroxylation sites is 1. The molecule has 0 radical (unpaired) electrons. The lowest BCUT2D eigenvalue weighted by Crippen LogP contribution is -2.47. The van der Waals surface area contributed by atoms with Crippen molar-refractivity contribution in [2.75, 3.05) is 29.4 Å². The van der Waals surface area contributed by atoms with Gasteiger partial charge in [-0.3, -0.25) is 9.52 Å². The van der Waals surface area contributed by atoms with Crippen LogP contribution in [0, 0.1) is 5.92 Å². The van der Waals surface area contributed by atoms with Gasteiger partial charge in [0, 0.05) is 17.8 Å². The highest BCUT2D eigenvalue weighted by Crippen LogP contribution is 2.47. The SMILES string of the molecule is O=C1N(CC2CC2)c2ccc(S(=O)(=O)Nc3ccccc3)cc2C12OCCCO2. The van der Waals surface area contributed by atoms with E-state index >= 15 is 0 Å². The van der Waals surface area contributed by atoms with Crippen LogP contribution in [-0.4, -0.2) is 34.1 Å². The van der Waals surface area contributed by atoms with Gasteiger partial charge in [0.1, 0.15) is 0 Å². The molecule has 1 saturated carbocycles. The normalized spacial score (nSPS) is 20.7. The van der Waals surface area contributed by atoms with Crippen LogP contribution in [0.25, 0.3) is 0 Å². The van der Waals surface area contributed by atoms with E-state index in [0.29, 0.717) is 49.0 Å². The number of fused-ring (bicyclic) bond motifs is 2. The van der Waals surface area contributed by atoms with E-state index in [1.807, 2.05) is 6.07 Å². The molecule has 1 saturated heterocycles. The number of carbonyl (C=O) groups is 1. The highest BCUT2D eigenvalue weighted by molar-refractivity contribution is 7.92. The zero-order valence-electron chi connectivity index (χ0n) is 15.8. The third-order valence-corrected chi connectivity index (χ3v) is 6.89. The minimum atomic E-state index is -3.83. The van der Waals surface area contributed by atoms with Gasteiger partial charge < -0.3 is 14.4 Å². The fourth-order valence-electron chi connectivity index (χ4n) is 3.86. The summed E-state index contributed by atoms with van der Waals surface area (Å²) in [6.45, 7) is 1.39. The number of nitrogens with one attached hydrogen (secondary N) is 1. The fraction of sp³-hybridized carbons (Fsp3) is 0.381. The Morgan fingerprint density at radius 1 is 1.07 bits per heavy atom. The van der Waals surface area contributed by atoms with Gasteiger partial charge in [0.2, 0.25) is 0 Å². The number of hydrogen-bond acceptors (Lipinski definition) is 5. The van der Waals surface area contributed by atoms with Gasteiger partial charge in [-0.05, 0) is 55.5 Å². The lowest BCUT2D eigenvalue weighted by Gasteiger charge is -2.32. The van der Waals surface area contributed by atoms with E-state index in [2.05, 4.69) is 4.72 Å². The first-order chi connectivity index (χ1) is 14.0. The van der Waals surface area contributed by atoms with E-state index in [-0.39, 0.29) is 10.8 Å². The first-order valence-electron chi connectivity index (χ1n) is 9.82. The average molecular weight is 414 g/mol. The van der Waals surface area contributed by atoms with Crippen LogP contribution in [0.2, 0.25) is 0 Å². The predicted octanol–water partition coefficient (Wildman–Crippen LogP) is 2.83. The molecule has 29 heavy (non-hydrogen) atoms. The van der Waals surface area contributed by atoms with Crippen LogP contribution >= 0.6 is 0 Å². The lowest BCUT2D eigenvalue weighted by molar-refractivity contribution is -0.256. The summed E-state index contributed by atoms with van der Waals surface area (Å²) in [5.41, 5.74) is 1.61. The van der Waals surface area contributed by atoms with Crippen molar-refractivity contribution < 1.29 is 22.7 Å². The van der Waals surface area contributed by atoms with Crippen molar-refractivity contribution in [2.45, 2.75) is 29.9 Å². The van der Waals surface area contributed by atoms with Crippen molar-refractivity contribution >= 4 is 27.3 Å². The van der Waals surface area contributed by atoms with E-state index in [9.17, 15) is 13.2 Å². The molecular formula is C21H22N2O5S. The Bertz CT molecular complexity index is 1040. The Balaban J connectivity index is 1.55. The molecule has 1 spiro atoms. The molecule has 152 valence electrons. The van der Waals surface area contributed by atoms with E-state index in [0.717, 1.165) is 12.8 Å². The molecule has 2 heterocycles. The molecule has 1 amide bonds. The Kier molecular flexibility index (Phi) is 4.38. The maximum absolute atomic E-state index is 13.3. The Morgan fingerprint density at radius 3 is 2.48 bits per heavy atom. The number of nitrogens with zero attached hydrogens (tertiary/aromatic N) is 1. The number of sulfonamides is 1. The van der Waals surface area contributed by atoms with E-state index in [1.54, 1.807) is 35.2 Å². The van der Waals surface area contributed by atoms with Crippen molar-refractivity contribution in [3.8, 4) is 0 Å². The van der Waals surface area contributed by atoms with Gasteiger partial charge >= 0.3 is 0 Å². The van der Waals surface area contributed by atoms with Crippen LogP contribution in [0.4, 0.5) is 11.4 Å². The van der Waals surface area contributed by atoms with E-state index in [1.165, 1.54) is 12.1 Å². The molecule has 3 aliphatic rings. The number of amides is 1. The maximum Gasteiger partial charge on any atom is 0.292 e. The van der Waals surface area contributed by atoms with Crippen molar-refractivity contribution in [3.63, 3.8) is 0 Å². The molecule has 0 bridgehead atoms. The van der Waals surface area contributed by atoms with E-state index in [4.69, 9.17) is 9.47 Å². The third-order valence-electron chi connectivity index (χ3n) is 5.51. The molecule has 2 aromatic rings. The minimum Gasteiger partial charge on any atom is -0.338 e. The van der Waals surface area contributed by atoms with Gasteiger partial charge in [0.15, 0.2) is 0 Å². The van der Waals surface area contributed by atoms with Gasteiger partial charge in [0.25, 0.3) is 21.7 Å². The van der Waals surface area contributed by atoms with Crippen LogP contribution in [0.1, 0.15) is 24.8 Å². The Morgan fingerprint density at radius 2 is 1.79 bits per heavy atom. The molecule has 1 N–H and O–H groups in total. The first-order valence-corrected chi connectivity index (χ1v) is 11.3. The van der Waals surface area contributed by atoms with Gasteiger partial charge in [-0.25, -0.2) is 8.42 Å². The van der Waals surface area contributed by atoms with Crippen LogP contribution in [-0.2, 0) is 30.1 Å². The smallest absolute Gasteiger partial charge is 0.292 e. The van der Waals surface area contributed by atoms with Crippen LogP contribution in [0.5, 0.6) is 0 Å². The average Bonchev–Trinajstić information content (AvgIpc) is 3.53. The lowest BCUT2D eigenvalue weighted by atomic mass is 10.1. The molecule has 0 atom stereocenters. The topological polar surface area (TPSA) is 84.9 Å². The molecule has 1 aliphatic carbocycles. The second kappa shape index (κ2) is 6.83. The summed E-state index contributed by atoms with van der Waals surface area (Å²) in [7, 11) is -3.83. The first kappa shape index (κ1) is 18.6. The second-order valence-corrected chi connectivity index (χ2v) is 9.36. The van der Waals surface area contributed by atoms with Gasteiger partial charge in [-0.2, -0.15) is 0 Å². The Labute approximate surface area is 169 Å². The highest BCUT2D eigenvalue weighted by atomic mass is 32.2. The summed E-state index contributed by atoms with van der Waals surface area (Å²) >= 11 is 0. The molecule has 2 aliphatic heterocycles. The largest absolute Gasteiger partial charge is 0.338 e. The summed E-state index contributed by atoms with van der Waals surface area (Å²) in [5.74, 6) is -1.32. The second-order valence-electron chi connectivity index (χ2n) is 7.68. The minimum absolute atomic E-state index is 0.0679. The summed E-state index contributed by atoms with van der Waals surface area (Å²) in [6.07, 6.45) is 2.89. The summed E-state index contributed by atoms with van der Waals surface area (Å²) in [4.78, 5) is 15.0. The van der Waals surface area contributed by atoms with Crippen molar-refractivity contribution in [1.82, 2.24) is 0 Å². The third kappa shape index (κ3) is 3.21. The molecule has 7 nitrogen and oxygen atoms in total. The molecule has 2 aromatic carbocycles. The number of carbonyl (C=O) groups excluding carboxylic acids is 1.